The number of ketones is 1. The number of rotatable bonds is 11. The smallest absolute Gasteiger partial charge is 0.326 e. The molecule has 0 aromatic heterocycles. The first-order chi connectivity index (χ1) is 20.9. The number of ether oxygens (including phenoxy) is 1. The average molecular weight is 599 g/mol. The van der Waals surface area contributed by atoms with Gasteiger partial charge in [0, 0.05) is 23.3 Å². The van der Waals surface area contributed by atoms with E-state index in [1.165, 1.54) is 11.1 Å². The molecule has 7 rings (SSSR count). The molecule has 8 heteroatoms. The molecule has 7 atom stereocenters. The average Bonchev–Trinajstić information content (AvgIpc) is 3.46. The van der Waals surface area contributed by atoms with Gasteiger partial charge in [-0.15, -0.1) is 0 Å². The number of nitrogens with one attached hydrogen (secondary N) is 2. The van der Waals surface area contributed by atoms with Crippen LogP contribution in [0.1, 0.15) is 47.4 Å². The molecule has 1 saturated heterocycles. The van der Waals surface area contributed by atoms with Crippen LogP contribution < -0.4 is 15.4 Å². The van der Waals surface area contributed by atoms with Crippen molar-refractivity contribution < 1.29 is 24.2 Å². The molecule has 1 amide bonds. The topological polar surface area (TPSA) is 105 Å². The zero-order valence-electron chi connectivity index (χ0n) is 24.5. The van der Waals surface area contributed by atoms with E-state index in [1.54, 1.807) is 18.9 Å². The molecule has 3 N–H and O–H groups in total. The van der Waals surface area contributed by atoms with E-state index in [1.807, 2.05) is 48.7 Å². The van der Waals surface area contributed by atoms with Crippen molar-refractivity contribution in [2.45, 2.75) is 55.1 Å². The molecule has 2 bridgehead atoms. The second kappa shape index (κ2) is 12.2. The molecule has 3 aromatic carbocycles. The summed E-state index contributed by atoms with van der Waals surface area (Å²) in [7, 11) is 1.60. The second-order valence-electron chi connectivity index (χ2n) is 11.9. The summed E-state index contributed by atoms with van der Waals surface area (Å²) in [6.07, 6.45) is 4.18. The van der Waals surface area contributed by atoms with Crippen molar-refractivity contribution in [3.8, 4) is 5.75 Å². The highest BCUT2D eigenvalue weighted by Crippen LogP contribution is 2.65. The van der Waals surface area contributed by atoms with E-state index < -0.39 is 29.5 Å². The third kappa shape index (κ3) is 5.04. The molecule has 1 aliphatic heterocycles. The number of carbonyl (C=O) groups excluding carboxylic acids is 2. The number of para-hydroxylation sites is 1. The summed E-state index contributed by atoms with van der Waals surface area (Å²) in [4.78, 5) is 40.5. The lowest BCUT2D eigenvalue weighted by Gasteiger charge is -2.57. The Labute approximate surface area is 256 Å². The number of carboxylic acid groups (broad SMARTS) is 1. The van der Waals surface area contributed by atoms with Crippen molar-refractivity contribution in [2.24, 2.45) is 11.8 Å². The highest BCUT2D eigenvalue weighted by Gasteiger charge is 2.66. The maximum Gasteiger partial charge on any atom is 0.326 e. The fourth-order valence-electron chi connectivity index (χ4n) is 8.25. The molecule has 2 fully saturated rings. The molecule has 0 radical (unpaired) electrons. The van der Waals surface area contributed by atoms with Gasteiger partial charge in [0.25, 0.3) is 0 Å². The molecule has 6 unspecified atom stereocenters. The van der Waals surface area contributed by atoms with E-state index in [2.05, 4.69) is 47.0 Å². The number of fused-ring (bicyclic) bond motifs is 1. The Hall–Kier alpha value is -3.62. The number of Topliss-reactive ketones (excluding diaryl/α,β-unsaturated/α-hetero) is 1. The molecule has 224 valence electrons. The van der Waals surface area contributed by atoms with Gasteiger partial charge >= 0.3 is 5.97 Å². The van der Waals surface area contributed by atoms with Crippen LogP contribution in [0.2, 0.25) is 0 Å². The summed E-state index contributed by atoms with van der Waals surface area (Å²) < 4.78 is 5.56. The van der Waals surface area contributed by atoms with Crippen LogP contribution in [0.5, 0.6) is 5.75 Å². The second-order valence-corrected chi connectivity index (χ2v) is 12.9. The summed E-state index contributed by atoms with van der Waals surface area (Å²) in [5.74, 6) is -0.385. The maximum atomic E-state index is 14.4. The molecule has 3 aliphatic carbocycles. The van der Waals surface area contributed by atoms with Crippen molar-refractivity contribution in [3.63, 3.8) is 0 Å². The van der Waals surface area contributed by atoms with Gasteiger partial charge in [0.2, 0.25) is 5.91 Å². The summed E-state index contributed by atoms with van der Waals surface area (Å²) in [5, 5.41) is 16.3. The number of aliphatic carboxylic acids is 1. The van der Waals surface area contributed by atoms with Crippen LogP contribution in [0.15, 0.2) is 78.9 Å². The van der Waals surface area contributed by atoms with Gasteiger partial charge in [-0.05, 0) is 65.9 Å². The number of thioether (sulfide) groups is 1. The van der Waals surface area contributed by atoms with Gasteiger partial charge in [0.1, 0.15) is 11.8 Å². The predicted molar refractivity (Wildman–Crippen MR) is 168 cm³/mol. The molecule has 1 heterocycles. The van der Waals surface area contributed by atoms with Crippen molar-refractivity contribution >= 4 is 29.4 Å². The molecule has 4 aliphatic rings. The zero-order valence-corrected chi connectivity index (χ0v) is 25.3. The minimum atomic E-state index is -1.04. The Morgan fingerprint density at radius 3 is 2.49 bits per heavy atom. The summed E-state index contributed by atoms with van der Waals surface area (Å²) in [6, 6.07) is 24.2. The van der Waals surface area contributed by atoms with E-state index in [0.717, 1.165) is 24.0 Å². The van der Waals surface area contributed by atoms with E-state index in [4.69, 9.17) is 4.74 Å². The predicted octanol–water partition coefficient (Wildman–Crippen LogP) is 4.58. The lowest BCUT2D eigenvalue weighted by Crippen LogP contribution is -2.56. The Balaban J connectivity index is 1.45. The normalized spacial score (nSPS) is 27.5. The molecule has 1 saturated carbocycles. The van der Waals surface area contributed by atoms with Gasteiger partial charge in [0.15, 0.2) is 5.78 Å². The fraction of sp³-hybridized carbons (Fsp3) is 0.400. The fourth-order valence-corrected chi connectivity index (χ4v) is 8.72. The van der Waals surface area contributed by atoms with Crippen LogP contribution in [0.3, 0.4) is 0 Å². The molecule has 0 spiro atoms. The Morgan fingerprint density at radius 2 is 1.74 bits per heavy atom. The summed E-state index contributed by atoms with van der Waals surface area (Å²) in [5.41, 5.74) is 3.95. The van der Waals surface area contributed by atoms with Crippen molar-refractivity contribution in [1.82, 2.24) is 10.6 Å². The van der Waals surface area contributed by atoms with Gasteiger partial charge in [-0.2, -0.15) is 11.8 Å². The molecular formula is C35H38N2O5S. The zero-order chi connectivity index (χ0) is 30.1. The monoisotopic (exact) mass is 598 g/mol. The number of amides is 1. The van der Waals surface area contributed by atoms with Crippen LogP contribution in [-0.2, 0) is 26.2 Å². The number of carboxylic acids is 1. The number of hydrogen-bond donors (Lipinski definition) is 3. The molecule has 3 aromatic rings. The van der Waals surface area contributed by atoms with Gasteiger partial charge in [-0.1, -0.05) is 72.8 Å². The lowest BCUT2D eigenvalue weighted by atomic mass is 9.45. The highest BCUT2D eigenvalue weighted by atomic mass is 32.2. The van der Waals surface area contributed by atoms with Crippen LogP contribution >= 0.6 is 11.8 Å². The summed E-state index contributed by atoms with van der Waals surface area (Å²) >= 11 is 1.55. The SMILES string of the molecule is COc1ccccc1CC(=O)C1NC(C(=O)N[C@@H](CCSC)C(=O)O)C2C3CCC(c4ccccc4)(c4ccccc43)C12. The maximum absolute atomic E-state index is 14.4. The standard InChI is InChI=1S/C35H38N2O5S/c1-42-28-15-9-6-10-21(28)20-27(38)31-30-29(32(37-31)33(39)36-26(34(40)41)17-19-43-2)24-16-18-35(30,22-11-4-3-5-12-22)25-14-8-7-13-23(24)25/h3-15,24,26,29-32,37H,16-20H2,1-2H3,(H,36,39)(H,40,41)/t24?,26-,29?,30?,31?,32?,35?/m0/s1. The van der Waals surface area contributed by atoms with Gasteiger partial charge < -0.3 is 15.2 Å². The number of carbonyl (C=O) groups is 3. The third-order valence-corrected chi connectivity index (χ3v) is 10.6. The van der Waals surface area contributed by atoms with E-state index in [0.29, 0.717) is 17.9 Å². The number of benzene rings is 3. The first-order valence-electron chi connectivity index (χ1n) is 15.0. The van der Waals surface area contributed by atoms with Crippen LogP contribution in [-0.4, -0.2) is 60.0 Å². The first kappa shape index (κ1) is 29.5. The van der Waals surface area contributed by atoms with Crippen LogP contribution in [0, 0.1) is 11.8 Å². The van der Waals surface area contributed by atoms with E-state index in [-0.39, 0.29) is 35.9 Å². The van der Waals surface area contributed by atoms with Crippen LogP contribution in [0.25, 0.3) is 0 Å². The lowest BCUT2D eigenvalue weighted by molar-refractivity contribution is -0.142. The Bertz CT molecular complexity index is 1510. The van der Waals surface area contributed by atoms with Crippen molar-refractivity contribution in [2.75, 3.05) is 19.1 Å². The molecular weight excluding hydrogens is 560 g/mol. The minimum absolute atomic E-state index is 0.00676. The number of methoxy groups -OCH3 is 1. The van der Waals surface area contributed by atoms with E-state index >= 15 is 0 Å². The van der Waals surface area contributed by atoms with Gasteiger partial charge in [0.05, 0.1) is 19.2 Å². The first-order valence-corrected chi connectivity index (χ1v) is 16.4. The van der Waals surface area contributed by atoms with Gasteiger partial charge in [-0.25, -0.2) is 4.79 Å². The minimum Gasteiger partial charge on any atom is -0.496 e. The molecule has 7 nitrogen and oxygen atoms in total. The van der Waals surface area contributed by atoms with Crippen molar-refractivity contribution in [3.05, 3.63) is 101 Å². The van der Waals surface area contributed by atoms with E-state index in [9.17, 15) is 19.5 Å². The summed E-state index contributed by atoms with van der Waals surface area (Å²) in [6.45, 7) is 0. The van der Waals surface area contributed by atoms with Crippen LogP contribution in [0.4, 0.5) is 0 Å². The highest BCUT2D eigenvalue weighted by molar-refractivity contribution is 7.98. The Kier molecular flexibility index (Phi) is 8.34. The largest absolute Gasteiger partial charge is 0.496 e. The number of hydrogen-bond acceptors (Lipinski definition) is 6. The van der Waals surface area contributed by atoms with Gasteiger partial charge in [-0.3, -0.25) is 14.9 Å². The third-order valence-electron chi connectivity index (χ3n) is 9.94. The Morgan fingerprint density at radius 1 is 1.02 bits per heavy atom. The quantitative estimate of drug-likeness (QED) is 0.297. The molecule has 43 heavy (non-hydrogen) atoms. The van der Waals surface area contributed by atoms with Crippen molar-refractivity contribution in [1.29, 1.82) is 0 Å².